The molecule has 31 heavy (non-hydrogen) atoms. The highest BCUT2D eigenvalue weighted by atomic mass is 32.2. The molecule has 0 amide bonds. The van der Waals surface area contributed by atoms with E-state index in [-0.39, 0.29) is 0 Å². The van der Waals surface area contributed by atoms with E-state index >= 15 is 0 Å². The van der Waals surface area contributed by atoms with Crippen LogP contribution in [0.2, 0.25) is 0 Å². The third-order valence-electron chi connectivity index (χ3n) is 8.52. The Morgan fingerprint density at radius 2 is 1.74 bits per heavy atom. The fourth-order valence-corrected chi connectivity index (χ4v) is 8.36. The number of nitrogens with zero attached hydrogens (tertiary/aromatic N) is 1. The molecule has 3 aliphatic rings. The quantitative estimate of drug-likeness (QED) is 0.253. The van der Waals surface area contributed by atoms with Gasteiger partial charge in [0.1, 0.15) is 7.05 Å². The van der Waals surface area contributed by atoms with Gasteiger partial charge in [-0.05, 0) is 89.8 Å². The first-order valence-electron chi connectivity index (χ1n) is 11.8. The average molecular weight is 423 g/mol. The van der Waals surface area contributed by atoms with Crippen LogP contribution in [0.3, 0.4) is 0 Å². The molecular formula is C29H28NS+. The molecule has 0 N–H and O–H groups in total. The molecule has 4 aromatic rings. The maximum Gasteiger partial charge on any atom is 0.222 e. The van der Waals surface area contributed by atoms with E-state index in [1.165, 1.54) is 79.4 Å². The van der Waals surface area contributed by atoms with Gasteiger partial charge in [0.05, 0.1) is 10.9 Å². The molecule has 3 unspecified atom stereocenters. The van der Waals surface area contributed by atoms with E-state index in [4.69, 9.17) is 0 Å². The molecule has 3 aromatic carbocycles. The monoisotopic (exact) mass is 422 g/mol. The van der Waals surface area contributed by atoms with Crippen LogP contribution in [0.25, 0.3) is 32.8 Å². The molecule has 0 spiro atoms. The molecule has 2 fully saturated rings. The minimum Gasteiger partial charge on any atom is -0.200 e. The first-order valence-corrected chi connectivity index (χ1v) is 12.6. The number of pyridine rings is 1. The molecule has 0 saturated heterocycles. The average Bonchev–Trinajstić information content (AvgIpc) is 3.43. The zero-order valence-electron chi connectivity index (χ0n) is 18.5. The Bertz CT molecular complexity index is 1420. The van der Waals surface area contributed by atoms with Crippen molar-refractivity contribution in [1.29, 1.82) is 0 Å². The van der Waals surface area contributed by atoms with Crippen molar-refractivity contribution >= 4 is 33.3 Å². The van der Waals surface area contributed by atoms with Crippen LogP contribution in [-0.2, 0) is 7.05 Å². The molecule has 3 atom stereocenters. The Morgan fingerprint density at radius 1 is 0.935 bits per heavy atom. The summed E-state index contributed by atoms with van der Waals surface area (Å²) in [7, 11) is 2.21. The van der Waals surface area contributed by atoms with Crippen LogP contribution in [0.5, 0.6) is 0 Å². The van der Waals surface area contributed by atoms with Crippen molar-refractivity contribution in [2.75, 3.05) is 0 Å². The normalized spacial score (nSPS) is 23.6. The van der Waals surface area contributed by atoms with Crippen LogP contribution in [-0.4, -0.2) is 0 Å². The van der Waals surface area contributed by atoms with E-state index in [2.05, 4.69) is 74.1 Å². The van der Waals surface area contributed by atoms with Crippen LogP contribution in [0, 0.1) is 25.7 Å². The van der Waals surface area contributed by atoms with Crippen molar-refractivity contribution in [3.63, 3.8) is 0 Å². The van der Waals surface area contributed by atoms with Crippen molar-refractivity contribution in [3.05, 3.63) is 65.4 Å². The highest BCUT2D eigenvalue weighted by Crippen LogP contribution is 2.56. The Labute approximate surface area is 188 Å². The molecule has 2 heteroatoms. The summed E-state index contributed by atoms with van der Waals surface area (Å²) >= 11 is 2.02. The third kappa shape index (κ3) is 2.43. The fraction of sp³-hybridized carbons (Fsp3) is 0.345. The van der Waals surface area contributed by atoms with E-state index in [0.717, 1.165) is 17.8 Å². The lowest BCUT2D eigenvalue weighted by Gasteiger charge is -2.26. The Kier molecular flexibility index (Phi) is 3.75. The largest absolute Gasteiger partial charge is 0.222 e. The van der Waals surface area contributed by atoms with E-state index in [1.807, 2.05) is 11.8 Å². The second-order valence-corrected chi connectivity index (χ2v) is 11.2. The topological polar surface area (TPSA) is 3.88 Å². The summed E-state index contributed by atoms with van der Waals surface area (Å²) in [6.45, 7) is 4.63. The summed E-state index contributed by atoms with van der Waals surface area (Å²) in [6, 6.07) is 16.4. The number of aromatic nitrogens is 1. The number of hydrogen-bond donors (Lipinski definition) is 0. The first-order chi connectivity index (χ1) is 15.1. The second-order valence-electron chi connectivity index (χ2n) is 10.1. The Balaban J connectivity index is 1.53. The van der Waals surface area contributed by atoms with Gasteiger partial charge in [-0.1, -0.05) is 48.5 Å². The summed E-state index contributed by atoms with van der Waals surface area (Å²) < 4.78 is 2.35. The van der Waals surface area contributed by atoms with E-state index < -0.39 is 0 Å². The van der Waals surface area contributed by atoms with E-state index in [0.29, 0.717) is 0 Å². The van der Waals surface area contributed by atoms with Crippen LogP contribution in [0.15, 0.2) is 58.5 Å². The molecule has 1 aromatic heterocycles. The minimum atomic E-state index is 0.776. The highest BCUT2D eigenvalue weighted by Gasteiger charge is 2.41. The molecule has 2 aliphatic carbocycles. The van der Waals surface area contributed by atoms with Crippen LogP contribution in [0.4, 0.5) is 0 Å². The standard InChI is InChI=1S/C29H28NS/c1-16-22-6-4-5-7-23(22)17(2)29-26(16)28-27-20(10-11-30(28)3)14-21(15-25(27)31-29)24-13-18-8-9-19(24)12-18/h4-7,10-11,14-15,18-19,24H,8-9,12-13H2,1-3H3/q+1. The van der Waals surface area contributed by atoms with Gasteiger partial charge in [-0.15, -0.1) is 0 Å². The minimum absolute atomic E-state index is 0.776. The van der Waals surface area contributed by atoms with Crippen molar-refractivity contribution in [2.45, 2.75) is 55.2 Å². The Morgan fingerprint density at radius 3 is 2.48 bits per heavy atom. The molecule has 1 aliphatic heterocycles. The van der Waals surface area contributed by atoms with Gasteiger partial charge in [-0.25, -0.2) is 4.57 Å². The first kappa shape index (κ1) is 18.3. The molecule has 2 bridgehead atoms. The fourth-order valence-electron chi connectivity index (χ4n) is 7.01. The molecule has 154 valence electrons. The number of fused-ring (bicyclic) bond motifs is 5. The third-order valence-corrected chi connectivity index (χ3v) is 9.77. The maximum atomic E-state index is 2.56. The number of benzene rings is 3. The van der Waals surface area contributed by atoms with Crippen molar-refractivity contribution in [2.24, 2.45) is 18.9 Å². The summed E-state index contributed by atoms with van der Waals surface area (Å²) in [5, 5.41) is 5.66. The lowest BCUT2D eigenvalue weighted by molar-refractivity contribution is -0.659. The summed E-state index contributed by atoms with van der Waals surface area (Å²) in [5.74, 6) is 2.68. The second kappa shape index (κ2) is 6.36. The molecule has 0 radical (unpaired) electrons. The van der Waals surface area contributed by atoms with Gasteiger partial charge >= 0.3 is 0 Å². The number of aryl methyl sites for hydroxylation is 3. The Hall–Kier alpha value is -2.32. The lowest BCUT2D eigenvalue weighted by Crippen LogP contribution is -2.32. The van der Waals surface area contributed by atoms with Gasteiger partial charge in [-0.2, -0.15) is 0 Å². The van der Waals surface area contributed by atoms with Crippen molar-refractivity contribution in [1.82, 2.24) is 0 Å². The lowest BCUT2D eigenvalue weighted by atomic mass is 9.82. The SMILES string of the molecule is Cc1c2c(c(C)c3ccccc13)-c1c3c(cc(C4CC5CCC4C5)cc3cc[n+]1C)S2. The van der Waals surface area contributed by atoms with Gasteiger partial charge < -0.3 is 0 Å². The van der Waals surface area contributed by atoms with E-state index in [1.54, 1.807) is 5.56 Å². The van der Waals surface area contributed by atoms with Crippen molar-refractivity contribution in [3.8, 4) is 11.3 Å². The van der Waals surface area contributed by atoms with Crippen LogP contribution < -0.4 is 4.57 Å². The predicted octanol–water partition coefficient (Wildman–Crippen LogP) is 7.47. The number of hydrogen-bond acceptors (Lipinski definition) is 1. The summed E-state index contributed by atoms with van der Waals surface area (Å²) in [6.07, 6.45) is 8.06. The molecule has 2 heterocycles. The summed E-state index contributed by atoms with van der Waals surface area (Å²) in [5.41, 5.74) is 7.27. The van der Waals surface area contributed by atoms with Crippen molar-refractivity contribution < 1.29 is 4.57 Å². The molecule has 1 nitrogen and oxygen atoms in total. The predicted molar refractivity (Wildman–Crippen MR) is 130 cm³/mol. The van der Waals surface area contributed by atoms with Crippen LogP contribution in [0.1, 0.15) is 48.3 Å². The van der Waals surface area contributed by atoms with Gasteiger partial charge in [0.2, 0.25) is 5.69 Å². The zero-order valence-corrected chi connectivity index (χ0v) is 19.4. The maximum absolute atomic E-state index is 2.56. The highest BCUT2D eigenvalue weighted by molar-refractivity contribution is 7.99. The van der Waals surface area contributed by atoms with Gasteiger partial charge in [0.25, 0.3) is 0 Å². The zero-order chi connectivity index (χ0) is 20.9. The van der Waals surface area contributed by atoms with Gasteiger partial charge in [0.15, 0.2) is 6.20 Å². The van der Waals surface area contributed by atoms with Gasteiger partial charge in [-0.3, -0.25) is 0 Å². The summed E-state index contributed by atoms with van der Waals surface area (Å²) in [4.78, 5) is 2.92. The molecule has 7 rings (SSSR count). The van der Waals surface area contributed by atoms with Gasteiger partial charge in [0, 0.05) is 15.9 Å². The van der Waals surface area contributed by atoms with E-state index in [9.17, 15) is 0 Å². The number of rotatable bonds is 1. The molecular weight excluding hydrogens is 394 g/mol. The smallest absolute Gasteiger partial charge is 0.200 e. The van der Waals surface area contributed by atoms with Crippen LogP contribution >= 0.6 is 11.8 Å². The molecule has 2 saturated carbocycles.